The molecule has 0 spiro atoms. The predicted octanol–water partition coefficient (Wildman–Crippen LogP) is 1.36. The van der Waals surface area contributed by atoms with Crippen LogP contribution in [0, 0.1) is 0 Å². The molecule has 2 heterocycles. The molecule has 0 bridgehead atoms. The second-order valence-corrected chi connectivity index (χ2v) is 5.62. The molecule has 21 heavy (non-hydrogen) atoms. The van der Waals surface area contributed by atoms with Crippen LogP contribution in [0.25, 0.3) is 0 Å². The Labute approximate surface area is 125 Å². The number of aryl methyl sites for hydroxylation is 1. The van der Waals surface area contributed by atoms with Gasteiger partial charge in [-0.1, -0.05) is 0 Å². The Hall–Kier alpha value is -1.53. The van der Waals surface area contributed by atoms with Crippen molar-refractivity contribution in [3.63, 3.8) is 0 Å². The lowest BCUT2D eigenvalue weighted by atomic mass is 10.2. The van der Waals surface area contributed by atoms with E-state index in [1.165, 1.54) is 0 Å². The van der Waals surface area contributed by atoms with Crippen molar-refractivity contribution in [1.29, 1.82) is 0 Å². The minimum Gasteiger partial charge on any atom is -0.458 e. The fourth-order valence-electron chi connectivity index (χ4n) is 2.52. The molecule has 6 nitrogen and oxygen atoms in total. The average Bonchev–Trinajstić information content (AvgIpc) is 2.86. The minimum absolute atomic E-state index is 0.0625. The highest BCUT2D eigenvalue weighted by Gasteiger charge is 2.24. The van der Waals surface area contributed by atoms with Gasteiger partial charge < -0.3 is 19.8 Å². The summed E-state index contributed by atoms with van der Waals surface area (Å²) in [6.45, 7) is 9.63. The summed E-state index contributed by atoms with van der Waals surface area (Å²) in [6.07, 6.45) is 1.68. The van der Waals surface area contributed by atoms with Crippen LogP contribution in [0.15, 0.2) is 12.3 Å². The molecular formula is C15H25N3O3. The summed E-state index contributed by atoms with van der Waals surface area (Å²) in [7, 11) is 0. The molecule has 6 heteroatoms. The molecule has 0 amide bonds. The molecule has 0 aromatic carbocycles. The van der Waals surface area contributed by atoms with Gasteiger partial charge in [0.05, 0.1) is 12.3 Å². The van der Waals surface area contributed by atoms with Crippen LogP contribution in [-0.2, 0) is 16.0 Å². The molecule has 2 N–H and O–H groups in total. The number of esters is 1. The monoisotopic (exact) mass is 295 g/mol. The lowest BCUT2D eigenvalue weighted by molar-refractivity contribution is -0.0664. The number of morpholine rings is 1. The van der Waals surface area contributed by atoms with E-state index in [9.17, 15) is 4.79 Å². The molecule has 1 unspecified atom stereocenters. The van der Waals surface area contributed by atoms with Gasteiger partial charge in [-0.05, 0) is 26.8 Å². The molecule has 0 aliphatic carbocycles. The zero-order valence-electron chi connectivity index (χ0n) is 13.0. The van der Waals surface area contributed by atoms with E-state index < -0.39 is 0 Å². The van der Waals surface area contributed by atoms with E-state index >= 15 is 0 Å². The van der Waals surface area contributed by atoms with Crippen LogP contribution in [-0.4, -0.2) is 53.9 Å². The van der Waals surface area contributed by atoms with Crippen LogP contribution in [0.5, 0.6) is 0 Å². The van der Waals surface area contributed by atoms with Crippen LogP contribution in [0.3, 0.4) is 0 Å². The Morgan fingerprint density at radius 1 is 1.57 bits per heavy atom. The van der Waals surface area contributed by atoms with Gasteiger partial charge >= 0.3 is 5.97 Å². The van der Waals surface area contributed by atoms with Crippen molar-refractivity contribution in [3.8, 4) is 0 Å². The number of nitrogen functional groups attached to an aromatic ring is 1. The highest BCUT2D eigenvalue weighted by atomic mass is 16.6. The second-order valence-electron chi connectivity index (χ2n) is 5.62. The maximum absolute atomic E-state index is 12.1. The van der Waals surface area contributed by atoms with Crippen molar-refractivity contribution in [1.82, 2.24) is 9.47 Å². The largest absolute Gasteiger partial charge is 0.458 e. The average molecular weight is 295 g/mol. The Balaban J connectivity index is 1.89. The summed E-state index contributed by atoms with van der Waals surface area (Å²) in [5.41, 5.74) is 6.79. The summed E-state index contributed by atoms with van der Waals surface area (Å²) >= 11 is 0. The van der Waals surface area contributed by atoms with Crippen molar-refractivity contribution in [3.05, 3.63) is 18.0 Å². The number of hydrogen-bond acceptors (Lipinski definition) is 5. The second kappa shape index (κ2) is 6.95. The van der Waals surface area contributed by atoms with Crippen LogP contribution in [0.1, 0.15) is 31.3 Å². The smallest absolute Gasteiger partial charge is 0.355 e. The summed E-state index contributed by atoms with van der Waals surface area (Å²) in [6, 6.07) is 2.12. The molecule has 1 aromatic heterocycles. The molecule has 0 radical (unpaired) electrons. The Kier molecular flexibility index (Phi) is 5.25. The third kappa shape index (κ3) is 3.98. The normalized spacial score (nSPS) is 19.9. The van der Waals surface area contributed by atoms with E-state index in [1.807, 2.05) is 6.92 Å². The fourth-order valence-corrected chi connectivity index (χ4v) is 2.52. The molecule has 1 saturated heterocycles. The van der Waals surface area contributed by atoms with Gasteiger partial charge in [-0.25, -0.2) is 4.79 Å². The summed E-state index contributed by atoms with van der Waals surface area (Å²) in [5.74, 6) is -0.348. The number of hydrogen-bond donors (Lipinski definition) is 1. The molecular weight excluding hydrogens is 270 g/mol. The lowest BCUT2D eigenvalue weighted by Crippen LogP contribution is -2.47. The Bertz CT molecular complexity index is 485. The molecule has 0 saturated carbocycles. The Morgan fingerprint density at radius 2 is 2.33 bits per heavy atom. The minimum atomic E-state index is -0.348. The van der Waals surface area contributed by atoms with E-state index in [0.717, 1.165) is 13.1 Å². The SMILES string of the molecule is CCn1cc(N)cc1C(=O)OCC1CN(C(C)C)CCO1. The maximum Gasteiger partial charge on any atom is 0.355 e. The van der Waals surface area contributed by atoms with Gasteiger partial charge in [-0.15, -0.1) is 0 Å². The van der Waals surface area contributed by atoms with Crippen molar-refractivity contribution < 1.29 is 14.3 Å². The molecule has 1 aliphatic heterocycles. The number of ether oxygens (including phenoxy) is 2. The number of nitrogens with two attached hydrogens (primary N) is 1. The fraction of sp³-hybridized carbons (Fsp3) is 0.667. The standard InChI is InChI=1S/C15H25N3O3/c1-4-17-8-12(16)7-14(17)15(19)21-10-13-9-18(11(2)3)5-6-20-13/h7-8,11,13H,4-6,9-10,16H2,1-3H3. The first kappa shape index (κ1) is 15.9. The first-order valence-electron chi connectivity index (χ1n) is 7.49. The number of anilines is 1. The predicted molar refractivity (Wildman–Crippen MR) is 81.2 cm³/mol. The topological polar surface area (TPSA) is 69.7 Å². The maximum atomic E-state index is 12.1. The highest BCUT2D eigenvalue weighted by Crippen LogP contribution is 2.13. The third-order valence-electron chi connectivity index (χ3n) is 3.77. The summed E-state index contributed by atoms with van der Waals surface area (Å²) in [5, 5.41) is 0. The van der Waals surface area contributed by atoms with E-state index in [0.29, 0.717) is 30.6 Å². The number of nitrogens with zero attached hydrogens (tertiary/aromatic N) is 2. The van der Waals surface area contributed by atoms with Gasteiger partial charge in [0, 0.05) is 31.9 Å². The van der Waals surface area contributed by atoms with Gasteiger partial charge in [-0.2, -0.15) is 0 Å². The molecule has 2 rings (SSSR count). The number of rotatable bonds is 5. The highest BCUT2D eigenvalue weighted by molar-refractivity contribution is 5.89. The molecule has 1 fully saturated rings. The van der Waals surface area contributed by atoms with E-state index in [4.69, 9.17) is 15.2 Å². The van der Waals surface area contributed by atoms with Gasteiger partial charge in [0.1, 0.15) is 18.4 Å². The number of carbonyl (C=O) groups excluding carboxylic acids is 1. The van der Waals surface area contributed by atoms with Crippen LogP contribution >= 0.6 is 0 Å². The van der Waals surface area contributed by atoms with Crippen molar-refractivity contribution in [2.45, 2.75) is 39.5 Å². The first-order valence-corrected chi connectivity index (χ1v) is 7.49. The van der Waals surface area contributed by atoms with E-state index in [1.54, 1.807) is 16.8 Å². The molecule has 1 aliphatic rings. The quantitative estimate of drug-likeness (QED) is 0.831. The van der Waals surface area contributed by atoms with Gasteiger partial charge in [0.2, 0.25) is 0 Å². The first-order chi connectivity index (χ1) is 10.0. The van der Waals surface area contributed by atoms with E-state index in [-0.39, 0.29) is 18.7 Å². The van der Waals surface area contributed by atoms with E-state index in [2.05, 4.69) is 18.7 Å². The van der Waals surface area contributed by atoms with Crippen molar-refractivity contribution in [2.75, 3.05) is 32.0 Å². The molecule has 1 atom stereocenters. The molecule has 1 aromatic rings. The van der Waals surface area contributed by atoms with Crippen LogP contribution < -0.4 is 5.73 Å². The lowest BCUT2D eigenvalue weighted by Gasteiger charge is -2.35. The zero-order valence-corrected chi connectivity index (χ0v) is 13.0. The van der Waals surface area contributed by atoms with Crippen LogP contribution in [0.4, 0.5) is 5.69 Å². The van der Waals surface area contributed by atoms with Crippen LogP contribution in [0.2, 0.25) is 0 Å². The number of aromatic nitrogens is 1. The van der Waals surface area contributed by atoms with Gasteiger partial charge in [0.25, 0.3) is 0 Å². The molecule has 118 valence electrons. The van der Waals surface area contributed by atoms with Gasteiger partial charge in [0.15, 0.2) is 0 Å². The summed E-state index contributed by atoms with van der Waals surface area (Å²) < 4.78 is 12.8. The number of carbonyl (C=O) groups is 1. The third-order valence-corrected chi connectivity index (χ3v) is 3.77. The van der Waals surface area contributed by atoms with Crippen molar-refractivity contribution in [2.24, 2.45) is 0 Å². The summed E-state index contributed by atoms with van der Waals surface area (Å²) in [4.78, 5) is 14.5. The van der Waals surface area contributed by atoms with Gasteiger partial charge in [-0.3, -0.25) is 4.90 Å². The Morgan fingerprint density at radius 3 is 3.00 bits per heavy atom. The zero-order chi connectivity index (χ0) is 15.4. The van der Waals surface area contributed by atoms with Crippen molar-refractivity contribution >= 4 is 11.7 Å².